The molecule has 0 amide bonds. The summed E-state index contributed by atoms with van der Waals surface area (Å²) >= 11 is 7.52. The number of hydrogen-bond donors (Lipinski definition) is 1. The number of hydrogen-bond acceptors (Lipinski definition) is 4. The van der Waals surface area contributed by atoms with E-state index in [4.69, 9.17) is 17.3 Å². The third-order valence-electron chi connectivity index (χ3n) is 3.79. The standard InChI is InChI=1S/C14H17ClN2O2S2.ClH/c1-9-14(12-7-10(15)4-5-13(12)20-9)21(18,19)17-6-2-3-11(16)8-17;/h4-5,7,11H,2-3,6,8,16H2,1H3;1H. The minimum atomic E-state index is -3.52. The van der Waals surface area contributed by atoms with Crippen molar-refractivity contribution in [2.75, 3.05) is 13.1 Å². The maximum atomic E-state index is 13.0. The molecule has 0 spiro atoms. The fraction of sp³-hybridized carbons (Fsp3) is 0.429. The Morgan fingerprint density at radius 3 is 2.82 bits per heavy atom. The molecule has 3 rings (SSSR count). The van der Waals surface area contributed by atoms with Crippen LogP contribution in [0.15, 0.2) is 23.1 Å². The van der Waals surface area contributed by atoms with Gasteiger partial charge in [-0.3, -0.25) is 0 Å². The summed E-state index contributed by atoms with van der Waals surface area (Å²) in [5, 5.41) is 1.26. The number of aryl methyl sites for hydroxylation is 1. The van der Waals surface area contributed by atoms with Gasteiger partial charge in [0.1, 0.15) is 4.90 Å². The molecule has 1 saturated heterocycles. The Kier molecular flexibility index (Phi) is 5.42. The van der Waals surface area contributed by atoms with Crippen molar-refractivity contribution >= 4 is 55.5 Å². The summed E-state index contributed by atoms with van der Waals surface area (Å²) in [5.74, 6) is 0. The summed E-state index contributed by atoms with van der Waals surface area (Å²) < 4.78 is 28.4. The topological polar surface area (TPSA) is 63.4 Å². The summed E-state index contributed by atoms with van der Waals surface area (Å²) in [7, 11) is -3.52. The van der Waals surface area contributed by atoms with Gasteiger partial charge in [0.2, 0.25) is 10.0 Å². The Labute approximate surface area is 145 Å². The lowest BCUT2D eigenvalue weighted by Gasteiger charge is -2.30. The predicted molar refractivity (Wildman–Crippen MR) is 94.8 cm³/mol. The number of sulfonamides is 1. The van der Waals surface area contributed by atoms with Crippen molar-refractivity contribution in [3.63, 3.8) is 0 Å². The summed E-state index contributed by atoms with van der Waals surface area (Å²) in [6.45, 7) is 2.77. The normalized spacial score (nSPS) is 20.0. The quantitative estimate of drug-likeness (QED) is 0.867. The van der Waals surface area contributed by atoms with E-state index in [-0.39, 0.29) is 18.4 Å². The zero-order valence-corrected chi connectivity index (χ0v) is 15.3. The van der Waals surface area contributed by atoms with Gasteiger partial charge in [0.15, 0.2) is 0 Å². The van der Waals surface area contributed by atoms with Gasteiger partial charge in [-0.25, -0.2) is 8.42 Å². The molecule has 22 heavy (non-hydrogen) atoms. The van der Waals surface area contributed by atoms with Gasteiger partial charge < -0.3 is 5.73 Å². The number of nitrogens with two attached hydrogens (primary N) is 1. The smallest absolute Gasteiger partial charge is 0.244 e. The molecule has 1 aromatic carbocycles. The fourth-order valence-corrected chi connectivity index (χ4v) is 6.25. The molecule has 2 N–H and O–H groups in total. The van der Waals surface area contributed by atoms with Crippen molar-refractivity contribution in [2.45, 2.75) is 30.7 Å². The number of nitrogens with zero attached hydrogens (tertiary/aromatic N) is 1. The van der Waals surface area contributed by atoms with E-state index in [0.717, 1.165) is 22.4 Å². The van der Waals surface area contributed by atoms with Crippen LogP contribution in [0.2, 0.25) is 5.02 Å². The molecule has 8 heteroatoms. The van der Waals surface area contributed by atoms with Gasteiger partial charge in [-0.15, -0.1) is 23.7 Å². The first-order valence-electron chi connectivity index (χ1n) is 6.84. The highest BCUT2D eigenvalue weighted by Gasteiger charge is 2.32. The van der Waals surface area contributed by atoms with Gasteiger partial charge in [-0.05, 0) is 38.0 Å². The maximum Gasteiger partial charge on any atom is 0.244 e. The van der Waals surface area contributed by atoms with E-state index in [1.807, 2.05) is 13.0 Å². The molecule has 4 nitrogen and oxygen atoms in total. The van der Waals surface area contributed by atoms with E-state index in [1.54, 1.807) is 12.1 Å². The van der Waals surface area contributed by atoms with E-state index in [9.17, 15) is 8.42 Å². The first-order chi connectivity index (χ1) is 9.89. The Balaban J connectivity index is 0.00000176. The van der Waals surface area contributed by atoms with Gasteiger partial charge in [0.25, 0.3) is 0 Å². The van der Waals surface area contributed by atoms with Crippen LogP contribution in [0.5, 0.6) is 0 Å². The first kappa shape index (κ1) is 18.0. The Morgan fingerprint density at radius 1 is 1.41 bits per heavy atom. The molecule has 1 atom stereocenters. The number of benzene rings is 1. The molecule has 1 aromatic heterocycles. The maximum absolute atomic E-state index is 13.0. The van der Waals surface area contributed by atoms with Crippen LogP contribution in [0.25, 0.3) is 10.1 Å². The van der Waals surface area contributed by atoms with Crippen molar-refractivity contribution < 1.29 is 8.42 Å². The molecule has 0 aliphatic carbocycles. The summed E-state index contributed by atoms with van der Waals surface area (Å²) in [6.07, 6.45) is 1.68. The fourth-order valence-electron chi connectivity index (χ4n) is 2.81. The van der Waals surface area contributed by atoms with Crippen molar-refractivity contribution in [1.29, 1.82) is 0 Å². The van der Waals surface area contributed by atoms with Crippen LogP contribution in [0, 0.1) is 6.92 Å². The molecule has 0 bridgehead atoms. The minimum absolute atomic E-state index is 0. The van der Waals surface area contributed by atoms with Crippen molar-refractivity contribution in [3.05, 3.63) is 28.1 Å². The van der Waals surface area contributed by atoms with Crippen molar-refractivity contribution in [1.82, 2.24) is 4.31 Å². The average Bonchev–Trinajstić information content (AvgIpc) is 2.74. The van der Waals surface area contributed by atoms with Crippen molar-refractivity contribution in [2.24, 2.45) is 5.73 Å². The second kappa shape index (κ2) is 6.63. The second-order valence-corrected chi connectivity index (χ2v) is 8.96. The third-order valence-corrected chi connectivity index (χ3v) is 7.29. The van der Waals surface area contributed by atoms with Crippen LogP contribution in [0.1, 0.15) is 17.7 Å². The van der Waals surface area contributed by atoms with Crippen LogP contribution < -0.4 is 5.73 Å². The largest absolute Gasteiger partial charge is 0.327 e. The molecule has 2 heterocycles. The van der Waals surface area contributed by atoms with Crippen LogP contribution in [-0.2, 0) is 10.0 Å². The van der Waals surface area contributed by atoms with E-state index >= 15 is 0 Å². The second-order valence-electron chi connectivity index (χ2n) is 5.39. The number of thiophene rings is 1. The molecule has 1 fully saturated rings. The lowest BCUT2D eigenvalue weighted by Crippen LogP contribution is -2.45. The molecule has 0 saturated carbocycles. The first-order valence-corrected chi connectivity index (χ1v) is 9.47. The molecule has 1 aliphatic heterocycles. The minimum Gasteiger partial charge on any atom is -0.327 e. The summed E-state index contributed by atoms with van der Waals surface area (Å²) in [5.41, 5.74) is 5.93. The van der Waals surface area contributed by atoms with Gasteiger partial charge in [-0.1, -0.05) is 11.6 Å². The van der Waals surface area contributed by atoms with Gasteiger partial charge in [-0.2, -0.15) is 4.31 Å². The Bertz CT molecular complexity index is 789. The van der Waals surface area contributed by atoms with Crippen molar-refractivity contribution in [3.8, 4) is 0 Å². The molecule has 1 aliphatic rings. The monoisotopic (exact) mass is 380 g/mol. The SMILES string of the molecule is Cc1sc2ccc(Cl)cc2c1S(=O)(=O)N1CCCC(N)C1.Cl. The lowest BCUT2D eigenvalue weighted by molar-refractivity contribution is 0.316. The Morgan fingerprint density at radius 2 is 2.14 bits per heavy atom. The van der Waals surface area contributed by atoms with Crippen LogP contribution in [0.4, 0.5) is 0 Å². The molecular weight excluding hydrogens is 363 g/mol. The van der Waals surface area contributed by atoms with Crippen LogP contribution >= 0.6 is 35.3 Å². The van der Waals surface area contributed by atoms with E-state index in [1.165, 1.54) is 15.6 Å². The van der Waals surface area contributed by atoms with Gasteiger partial charge in [0.05, 0.1) is 0 Å². The highest BCUT2D eigenvalue weighted by molar-refractivity contribution is 7.89. The molecule has 122 valence electrons. The molecule has 1 unspecified atom stereocenters. The molecular formula is C14H18Cl2N2O2S2. The van der Waals surface area contributed by atoms with Gasteiger partial charge in [0, 0.05) is 39.1 Å². The highest BCUT2D eigenvalue weighted by atomic mass is 35.5. The number of halogens is 2. The number of piperidine rings is 1. The summed E-state index contributed by atoms with van der Waals surface area (Å²) in [6, 6.07) is 5.31. The third kappa shape index (κ3) is 3.13. The zero-order valence-electron chi connectivity index (χ0n) is 12.1. The average molecular weight is 381 g/mol. The number of fused-ring (bicyclic) bond motifs is 1. The zero-order chi connectivity index (χ0) is 15.2. The van der Waals surface area contributed by atoms with Crippen LogP contribution in [-0.4, -0.2) is 31.9 Å². The van der Waals surface area contributed by atoms with E-state index in [2.05, 4.69) is 0 Å². The number of rotatable bonds is 2. The van der Waals surface area contributed by atoms with E-state index < -0.39 is 10.0 Å². The van der Waals surface area contributed by atoms with E-state index in [0.29, 0.717) is 28.4 Å². The summed E-state index contributed by atoms with van der Waals surface area (Å²) in [4.78, 5) is 1.19. The van der Waals surface area contributed by atoms with Gasteiger partial charge >= 0.3 is 0 Å². The molecule has 0 radical (unpaired) electrons. The Hall–Kier alpha value is -0.370. The molecule has 2 aromatic rings. The highest BCUT2D eigenvalue weighted by Crippen LogP contribution is 2.37. The lowest BCUT2D eigenvalue weighted by atomic mass is 10.1. The van der Waals surface area contributed by atoms with Crippen LogP contribution in [0.3, 0.4) is 0 Å². The predicted octanol–water partition coefficient (Wildman–Crippen LogP) is 3.40.